The molecule has 4 heterocycles. The predicted molar refractivity (Wildman–Crippen MR) is 158 cm³/mol. The van der Waals surface area contributed by atoms with E-state index in [1.165, 1.54) is 0 Å². The topological polar surface area (TPSA) is 82.3 Å². The van der Waals surface area contributed by atoms with E-state index in [1.807, 2.05) is 36.7 Å². The van der Waals surface area contributed by atoms with E-state index in [4.69, 9.17) is 0 Å². The second kappa shape index (κ2) is 10.7. The van der Waals surface area contributed by atoms with Gasteiger partial charge in [-0.25, -0.2) is 0 Å². The van der Waals surface area contributed by atoms with E-state index in [-0.39, 0.29) is 0 Å². The molecule has 0 unspecified atom stereocenters. The largest absolute Gasteiger partial charge is 0.358 e. The van der Waals surface area contributed by atoms with Crippen molar-refractivity contribution in [2.45, 2.75) is 27.2 Å². The molecule has 0 saturated carbocycles. The van der Waals surface area contributed by atoms with E-state index in [9.17, 15) is 0 Å². The van der Waals surface area contributed by atoms with Crippen LogP contribution in [0.3, 0.4) is 0 Å². The number of anilines is 1. The molecule has 0 bridgehead atoms. The molecule has 6 heteroatoms. The number of allylic oxidation sites excluding steroid dienone is 3. The van der Waals surface area contributed by atoms with Gasteiger partial charge < -0.3 is 10.3 Å². The minimum absolute atomic E-state index is 0.539. The van der Waals surface area contributed by atoms with Crippen LogP contribution in [0.15, 0.2) is 98.1 Å². The fourth-order valence-corrected chi connectivity index (χ4v) is 4.73. The summed E-state index contributed by atoms with van der Waals surface area (Å²) in [6, 6.07) is 16.5. The first kappa shape index (κ1) is 25.0. The van der Waals surface area contributed by atoms with Crippen LogP contribution in [0.5, 0.6) is 0 Å². The van der Waals surface area contributed by atoms with Crippen molar-refractivity contribution in [3.05, 3.63) is 115 Å². The number of aryl methyl sites for hydroxylation is 1. The van der Waals surface area contributed by atoms with Crippen molar-refractivity contribution in [2.24, 2.45) is 5.92 Å². The maximum atomic E-state index is 4.67. The second-order valence-electron chi connectivity index (χ2n) is 9.87. The average molecular weight is 501 g/mol. The third-order valence-electron chi connectivity index (χ3n) is 6.40. The quantitative estimate of drug-likeness (QED) is 0.180. The molecule has 0 fully saturated rings. The Kier molecular flexibility index (Phi) is 7.05. The molecule has 0 amide bonds. The molecule has 5 rings (SSSR count). The fraction of sp³-hybridized carbons (Fsp3) is 0.156. The van der Waals surface area contributed by atoms with Crippen molar-refractivity contribution in [1.82, 2.24) is 25.1 Å². The van der Waals surface area contributed by atoms with Crippen molar-refractivity contribution < 1.29 is 0 Å². The van der Waals surface area contributed by atoms with Gasteiger partial charge in [0.05, 0.1) is 28.8 Å². The number of rotatable bonds is 9. The van der Waals surface area contributed by atoms with Gasteiger partial charge in [0.15, 0.2) is 0 Å². The van der Waals surface area contributed by atoms with Crippen LogP contribution in [-0.2, 0) is 0 Å². The number of benzene rings is 1. The van der Waals surface area contributed by atoms with E-state index in [0.29, 0.717) is 5.92 Å². The summed E-state index contributed by atoms with van der Waals surface area (Å²) in [5, 5.41) is 12.3. The van der Waals surface area contributed by atoms with Crippen LogP contribution in [0.1, 0.15) is 37.2 Å². The smallest absolute Gasteiger partial charge is 0.116 e. The highest BCUT2D eigenvalue weighted by molar-refractivity contribution is 5.96. The molecule has 0 spiro atoms. The molecule has 0 aliphatic rings. The molecule has 6 nitrogen and oxygen atoms in total. The summed E-state index contributed by atoms with van der Waals surface area (Å²) < 4.78 is 0. The number of aromatic amines is 2. The Labute approximate surface area is 223 Å². The summed E-state index contributed by atoms with van der Waals surface area (Å²) in [4.78, 5) is 12.6. The van der Waals surface area contributed by atoms with Gasteiger partial charge in [0.25, 0.3) is 0 Å². The zero-order chi connectivity index (χ0) is 26.6. The standard InChI is InChI=1S/C32H32N6/c1-6-9-26(29-10-7-8-13-34-29)27-17-31(36-22(27)5)32-28-16-23(11-12-30(28)37-38-32)24-15-25(19-33-18-24)35-21(4)14-20(2)3/h6-13,15-20,35-36H,1,4,14H2,2-3,5H3,(H,37,38)/b26-9+. The molecule has 38 heavy (non-hydrogen) atoms. The predicted octanol–water partition coefficient (Wildman–Crippen LogP) is 7.91. The van der Waals surface area contributed by atoms with Gasteiger partial charge in [0, 0.05) is 45.9 Å². The molecule has 0 aliphatic heterocycles. The van der Waals surface area contributed by atoms with Crippen molar-refractivity contribution >= 4 is 22.2 Å². The highest BCUT2D eigenvalue weighted by Gasteiger charge is 2.17. The third-order valence-corrected chi connectivity index (χ3v) is 6.40. The van der Waals surface area contributed by atoms with Crippen LogP contribution in [0.25, 0.3) is 39.0 Å². The van der Waals surface area contributed by atoms with Gasteiger partial charge in [0.2, 0.25) is 0 Å². The summed E-state index contributed by atoms with van der Waals surface area (Å²) in [6.45, 7) is 14.5. The number of hydrogen-bond acceptors (Lipinski definition) is 4. The molecular weight excluding hydrogens is 468 g/mol. The first-order valence-corrected chi connectivity index (χ1v) is 12.8. The Bertz CT molecular complexity index is 1640. The molecular formula is C32H32N6. The third kappa shape index (κ3) is 5.20. The maximum Gasteiger partial charge on any atom is 0.116 e. The second-order valence-corrected chi connectivity index (χ2v) is 9.87. The summed E-state index contributed by atoms with van der Waals surface area (Å²) in [7, 11) is 0. The van der Waals surface area contributed by atoms with Crippen LogP contribution >= 0.6 is 0 Å². The Balaban J connectivity index is 1.51. The number of nitrogens with zero attached hydrogens (tertiary/aromatic N) is 3. The van der Waals surface area contributed by atoms with E-state index in [1.54, 1.807) is 12.3 Å². The molecule has 190 valence electrons. The van der Waals surface area contributed by atoms with Gasteiger partial charge in [0.1, 0.15) is 5.69 Å². The number of nitrogens with one attached hydrogen (secondary N) is 3. The van der Waals surface area contributed by atoms with Gasteiger partial charge in [-0.3, -0.25) is 15.1 Å². The number of H-pyrrole nitrogens is 2. The van der Waals surface area contributed by atoms with Crippen LogP contribution in [0.2, 0.25) is 0 Å². The van der Waals surface area contributed by atoms with Gasteiger partial charge in [-0.05, 0) is 61.2 Å². The van der Waals surface area contributed by atoms with E-state index in [2.05, 4.69) is 94.7 Å². The molecule has 3 N–H and O–H groups in total. The summed E-state index contributed by atoms with van der Waals surface area (Å²) >= 11 is 0. The summed E-state index contributed by atoms with van der Waals surface area (Å²) in [5.74, 6) is 0.539. The summed E-state index contributed by atoms with van der Waals surface area (Å²) in [5.41, 5.74) is 10.8. The zero-order valence-corrected chi connectivity index (χ0v) is 22.0. The maximum absolute atomic E-state index is 4.67. The molecule has 0 radical (unpaired) electrons. The molecule has 5 aromatic rings. The van der Waals surface area contributed by atoms with Crippen molar-refractivity contribution in [3.63, 3.8) is 0 Å². The minimum atomic E-state index is 0.539. The van der Waals surface area contributed by atoms with E-state index in [0.717, 1.165) is 73.7 Å². The van der Waals surface area contributed by atoms with Crippen LogP contribution in [0.4, 0.5) is 5.69 Å². The first-order chi connectivity index (χ1) is 18.4. The number of pyridine rings is 2. The molecule has 1 aromatic carbocycles. The SMILES string of the molecule is C=C/C=C(/c1ccccn1)c1cc(-c2n[nH]c3ccc(-c4cncc(NC(=C)CC(C)C)c4)cc23)[nH]c1C. The van der Waals surface area contributed by atoms with Crippen LogP contribution in [0, 0.1) is 12.8 Å². The number of aromatic nitrogens is 5. The number of hydrogen-bond donors (Lipinski definition) is 3. The Hall–Kier alpha value is -4.71. The van der Waals surface area contributed by atoms with Crippen molar-refractivity contribution in [2.75, 3.05) is 5.32 Å². The minimum Gasteiger partial charge on any atom is -0.358 e. The fourth-order valence-electron chi connectivity index (χ4n) is 4.73. The molecule has 0 saturated heterocycles. The van der Waals surface area contributed by atoms with Gasteiger partial charge in [-0.1, -0.05) is 51.3 Å². The normalized spacial score (nSPS) is 11.7. The monoisotopic (exact) mass is 500 g/mol. The lowest BCUT2D eigenvalue weighted by molar-refractivity contribution is 0.645. The Morgan fingerprint density at radius 3 is 2.71 bits per heavy atom. The van der Waals surface area contributed by atoms with Crippen molar-refractivity contribution in [3.8, 4) is 22.5 Å². The van der Waals surface area contributed by atoms with E-state index >= 15 is 0 Å². The average Bonchev–Trinajstić information content (AvgIpc) is 3.50. The van der Waals surface area contributed by atoms with Gasteiger partial charge in [-0.15, -0.1) is 0 Å². The summed E-state index contributed by atoms with van der Waals surface area (Å²) in [6.07, 6.45) is 10.2. The van der Waals surface area contributed by atoms with Crippen molar-refractivity contribution in [1.29, 1.82) is 0 Å². The Morgan fingerprint density at radius 1 is 1.08 bits per heavy atom. The van der Waals surface area contributed by atoms with Crippen LogP contribution in [-0.4, -0.2) is 25.1 Å². The first-order valence-electron chi connectivity index (χ1n) is 12.8. The number of fused-ring (bicyclic) bond motifs is 1. The Morgan fingerprint density at radius 2 is 1.95 bits per heavy atom. The van der Waals surface area contributed by atoms with E-state index < -0.39 is 0 Å². The van der Waals surface area contributed by atoms with Crippen LogP contribution < -0.4 is 5.32 Å². The molecule has 0 aliphatic carbocycles. The lowest BCUT2D eigenvalue weighted by atomic mass is 10.0. The van der Waals surface area contributed by atoms with Gasteiger partial charge >= 0.3 is 0 Å². The highest BCUT2D eigenvalue weighted by Crippen LogP contribution is 2.34. The zero-order valence-electron chi connectivity index (χ0n) is 22.0. The molecule has 0 atom stereocenters. The van der Waals surface area contributed by atoms with Gasteiger partial charge in [-0.2, -0.15) is 5.10 Å². The molecule has 4 aromatic heterocycles. The lowest BCUT2D eigenvalue weighted by Gasteiger charge is -2.12. The lowest BCUT2D eigenvalue weighted by Crippen LogP contribution is -2.02. The highest BCUT2D eigenvalue weighted by atomic mass is 15.1.